The summed E-state index contributed by atoms with van der Waals surface area (Å²) in [4.78, 5) is 4.08. The number of fused-ring (bicyclic) bond motifs is 1. The minimum atomic E-state index is -4.51. The molecule has 0 atom stereocenters. The number of nitrogens with zero attached hydrogens (tertiary/aromatic N) is 2. The Morgan fingerprint density at radius 1 is 1.27 bits per heavy atom. The molecule has 0 saturated heterocycles. The van der Waals surface area contributed by atoms with Crippen LogP contribution in [0.2, 0.25) is 0 Å². The van der Waals surface area contributed by atoms with Gasteiger partial charge in [-0.1, -0.05) is 0 Å². The Hall–Kier alpha value is -2.53. The first-order valence-corrected chi connectivity index (χ1v) is 6.87. The van der Waals surface area contributed by atoms with Gasteiger partial charge in [0.25, 0.3) is 0 Å². The Morgan fingerprint density at radius 2 is 2.09 bits per heavy atom. The number of alkyl halides is 3. The summed E-state index contributed by atoms with van der Waals surface area (Å²) in [6.07, 6.45) is -4.51. The molecule has 0 amide bonds. The Balaban J connectivity index is 1.73. The van der Waals surface area contributed by atoms with E-state index in [-0.39, 0.29) is 12.4 Å². The van der Waals surface area contributed by atoms with Crippen LogP contribution in [0.5, 0.6) is 5.75 Å². The highest BCUT2D eigenvalue weighted by Crippen LogP contribution is 2.31. The summed E-state index contributed by atoms with van der Waals surface area (Å²) in [5, 5.41) is 9.13. The van der Waals surface area contributed by atoms with Crippen LogP contribution in [0.25, 0.3) is 10.2 Å². The van der Waals surface area contributed by atoms with Crippen molar-refractivity contribution < 1.29 is 22.3 Å². The number of thiazole rings is 1. The zero-order chi connectivity index (χ0) is 15.7. The highest BCUT2D eigenvalue weighted by molar-refractivity contribution is 7.19. The third-order valence-electron chi connectivity index (χ3n) is 2.78. The van der Waals surface area contributed by atoms with Crippen LogP contribution in [0.1, 0.15) is 16.5 Å². The van der Waals surface area contributed by atoms with Crippen molar-refractivity contribution in [2.45, 2.75) is 12.8 Å². The molecule has 8 heteroatoms. The van der Waals surface area contributed by atoms with E-state index in [4.69, 9.17) is 10.00 Å². The summed E-state index contributed by atoms with van der Waals surface area (Å²) in [5.74, 6) is -0.511. The number of aromatic nitrogens is 1. The molecule has 0 aliphatic rings. The Bertz CT molecular complexity index is 861. The van der Waals surface area contributed by atoms with Gasteiger partial charge in [-0.25, -0.2) is 4.98 Å². The molecule has 0 bridgehead atoms. The summed E-state index contributed by atoms with van der Waals surface area (Å²) in [5.41, 5.74) is 0.672. The van der Waals surface area contributed by atoms with E-state index in [0.717, 1.165) is 10.8 Å². The molecule has 2 aromatic heterocycles. The highest BCUT2D eigenvalue weighted by Gasteiger charge is 2.34. The van der Waals surface area contributed by atoms with Crippen molar-refractivity contribution in [2.75, 3.05) is 0 Å². The van der Waals surface area contributed by atoms with E-state index < -0.39 is 11.9 Å². The molecule has 1 aromatic carbocycles. The largest absolute Gasteiger partial charge is 0.486 e. The van der Waals surface area contributed by atoms with Crippen LogP contribution in [-0.2, 0) is 12.8 Å². The number of benzene rings is 1. The van der Waals surface area contributed by atoms with Crippen molar-refractivity contribution in [1.29, 1.82) is 5.26 Å². The predicted molar refractivity (Wildman–Crippen MR) is 72.4 cm³/mol. The average molecular weight is 324 g/mol. The maximum absolute atomic E-state index is 12.4. The summed E-state index contributed by atoms with van der Waals surface area (Å²) in [7, 11) is 0. The number of rotatable bonds is 3. The minimum absolute atomic E-state index is 0.0782. The van der Waals surface area contributed by atoms with Gasteiger partial charge in [0.1, 0.15) is 24.2 Å². The third kappa shape index (κ3) is 2.89. The van der Waals surface area contributed by atoms with Gasteiger partial charge < -0.3 is 9.15 Å². The molecule has 22 heavy (non-hydrogen) atoms. The van der Waals surface area contributed by atoms with E-state index in [9.17, 15) is 13.2 Å². The van der Waals surface area contributed by atoms with Crippen molar-refractivity contribution in [3.05, 3.63) is 46.9 Å². The highest BCUT2D eigenvalue weighted by atomic mass is 32.1. The second-order valence-electron chi connectivity index (χ2n) is 4.31. The quantitative estimate of drug-likeness (QED) is 0.718. The molecule has 0 unspecified atom stereocenters. The lowest BCUT2D eigenvalue weighted by Crippen LogP contribution is -2.02. The maximum atomic E-state index is 12.4. The van der Waals surface area contributed by atoms with E-state index in [1.807, 2.05) is 6.07 Å². The fourth-order valence-corrected chi connectivity index (χ4v) is 2.60. The third-order valence-corrected chi connectivity index (χ3v) is 3.70. The fourth-order valence-electron chi connectivity index (χ4n) is 1.80. The number of nitriles is 1. The SMILES string of the molecule is N#Cc1nc2ccc(OCc3ccc(C(F)(F)F)o3)cc2s1. The number of hydrogen-bond donors (Lipinski definition) is 0. The molecule has 0 radical (unpaired) electrons. The van der Waals surface area contributed by atoms with Crippen LogP contribution in [0.3, 0.4) is 0 Å². The minimum Gasteiger partial charge on any atom is -0.486 e. The lowest BCUT2D eigenvalue weighted by atomic mass is 10.3. The van der Waals surface area contributed by atoms with E-state index in [0.29, 0.717) is 16.3 Å². The molecule has 0 aliphatic carbocycles. The Morgan fingerprint density at radius 3 is 2.77 bits per heavy atom. The molecule has 2 heterocycles. The number of hydrogen-bond acceptors (Lipinski definition) is 5. The lowest BCUT2D eigenvalue weighted by molar-refractivity contribution is -0.153. The topological polar surface area (TPSA) is 59.0 Å². The second-order valence-corrected chi connectivity index (χ2v) is 5.34. The van der Waals surface area contributed by atoms with Crippen LogP contribution in [0, 0.1) is 11.3 Å². The molecule has 3 aromatic rings. The molecular formula is C14H7F3N2O2S. The monoisotopic (exact) mass is 324 g/mol. The van der Waals surface area contributed by atoms with Crippen LogP contribution >= 0.6 is 11.3 Å². The van der Waals surface area contributed by atoms with Gasteiger partial charge in [0, 0.05) is 0 Å². The van der Waals surface area contributed by atoms with E-state index in [2.05, 4.69) is 9.40 Å². The molecule has 4 nitrogen and oxygen atoms in total. The number of halogens is 3. The van der Waals surface area contributed by atoms with Crippen molar-refractivity contribution in [3.8, 4) is 11.8 Å². The van der Waals surface area contributed by atoms with Gasteiger partial charge in [0.15, 0.2) is 5.01 Å². The standard InChI is InChI=1S/C14H7F3N2O2S/c15-14(16,17)12-4-2-9(21-12)7-20-8-1-3-10-11(5-8)22-13(6-18)19-10/h1-5H,7H2. The van der Waals surface area contributed by atoms with E-state index >= 15 is 0 Å². The first kappa shape index (κ1) is 14.4. The summed E-state index contributed by atoms with van der Waals surface area (Å²) in [6, 6.07) is 9.05. The molecule has 112 valence electrons. The predicted octanol–water partition coefficient (Wildman–Crippen LogP) is 4.36. The molecule has 0 saturated carbocycles. The van der Waals surface area contributed by atoms with Crippen molar-refractivity contribution in [3.63, 3.8) is 0 Å². The molecule has 0 N–H and O–H groups in total. The van der Waals surface area contributed by atoms with Gasteiger partial charge in [0.05, 0.1) is 10.2 Å². The average Bonchev–Trinajstić information content (AvgIpc) is 3.10. The molecule has 3 rings (SSSR count). The van der Waals surface area contributed by atoms with Crippen molar-refractivity contribution in [2.24, 2.45) is 0 Å². The molecular weight excluding hydrogens is 317 g/mol. The van der Waals surface area contributed by atoms with Gasteiger partial charge in [-0.05, 0) is 30.3 Å². The number of furan rings is 1. The summed E-state index contributed by atoms with van der Waals surface area (Å²) in [6.45, 7) is -0.120. The summed E-state index contributed by atoms with van der Waals surface area (Å²) < 4.78 is 48.1. The first-order valence-electron chi connectivity index (χ1n) is 6.05. The zero-order valence-corrected chi connectivity index (χ0v) is 11.7. The van der Waals surface area contributed by atoms with Gasteiger partial charge in [-0.3, -0.25) is 0 Å². The van der Waals surface area contributed by atoms with Crippen molar-refractivity contribution >= 4 is 21.6 Å². The van der Waals surface area contributed by atoms with Gasteiger partial charge in [-0.15, -0.1) is 11.3 Å². The lowest BCUT2D eigenvalue weighted by Gasteiger charge is -2.04. The Kier molecular flexibility index (Phi) is 3.50. The van der Waals surface area contributed by atoms with E-state index in [1.165, 1.54) is 17.4 Å². The Labute approximate surface area is 126 Å². The van der Waals surface area contributed by atoms with Crippen LogP contribution < -0.4 is 4.74 Å². The normalized spacial score (nSPS) is 11.5. The smallest absolute Gasteiger partial charge is 0.449 e. The fraction of sp³-hybridized carbons (Fsp3) is 0.143. The van der Waals surface area contributed by atoms with Crippen LogP contribution in [0.15, 0.2) is 34.7 Å². The van der Waals surface area contributed by atoms with Gasteiger partial charge >= 0.3 is 6.18 Å². The molecule has 0 fully saturated rings. The van der Waals surface area contributed by atoms with Crippen molar-refractivity contribution in [1.82, 2.24) is 4.98 Å². The first-order chi connectivity index (χ1) is 10.5. The molecule has 0 aliphatic heterocycles. The second kappa shape index (κ2) is 5.35. The van der Waals surface area contributed by atoms with E-state index in [1.54, 1.807) is 18.2 Å². The maximum Gasteiger partial charge on any atom is 0.449 e. The zero-order valence-electron chi connectivity index (χ0n) is 10.8. The number of ether oxygens (including phenoxy) is 1. The van der Waals surface area contributed by atoms with Gasteiger partial charge in [0.2, 0.25) is 5.76 Å². The summed E-state index contributed by atoms with van der Waals surface area (Å²) >= 11 is 1.22. The van der Waals surface area contributed by atoms with Crippen LogP contribution in [0.4, 0.5) is 13.2 Å². The molecule has 0 spiro atoms. The van der Waals surface area contributed by atoms with Gasteiger partial charge in [-0.2, -0.15) is 18.4 Å². The van der Waals surface area contributed by atoms with Crippen LogP contribution in [-0.4, -0.2) is 4.98 Å².